The quantitative estimate of drug-likeness (QED) is 0.832. The summed E-state index contributed by atoms with van der Waals surface area (Å²) in [5, 5.41) is 7.93. The lowest BCUT2D eigenvalue weighted by Gasteiger charge is -2.23. The highest BCUT2D eigenvalue weighted by molar-refractivity contribution is 7.91. The number of carbonyl (C=O) groups excluding carboxylic acids is 1. The lowest BCUT2D eigenvalue weighted by molar-refractivity contribution is -0.122. The number of hydrogen-bond acceptors (Lipinski definition) is 5. The van der Waals surface area contributed by atoms with Crippen LogP contribution in [0.25, 0.3) is 0 Å². The molecule has 106 valence electrons. The summed E-state index contributed by atoms with van der Waals surface area (Å²) in [5.41, 5.74) is -0.322. The summed E-state index contributed by atoms with van der Waals surface area (Å²) < 4.78 is 27.6. The molecule has 0 aromatic carbocycles. The minimum Gasteiger partial charge on any atom is -0.379 e. The first-order valence-electron chi connectivity index (χ1n) is 5.79. The number of ether oxygens (including phenoxy) is 1. The van der Waals surface area contributed by atoms with E-state index < -0.39 is 10.0 Å². The number of amides is 1. The number of nitrogens with one attached hydrogen (secondary N) is 1. The summed E-state index contributed by atoms with van der Waals surface area (Å²) in [6, 6.07) is 3.03. The van der Waals surface area contributed by atoms with Crippen molar-refractivity contribution < 1.29 is 17.9 Å². The molecule has 1 unspecified atom stereocenters. The van der Waals surface area contributed by atoms with E-state index in [2.05, 4.69) is 5.32 Å². The first-order chi connectivity index (χ1) is 8.78. The third-order valence-electron chi connectivity index (χ3n) is 2.91. The molecule has 0 radical (unpaired) electrons. The molecule has 8 heteroatoms. The predicted octanol–water partition coefficient (Wildman–Crippen LogP) is 0.233. The van der Waals surface area contributed by atoms with Crippen LogP contribution in [0, 0.1) is 0 Å². The highest BCUT2D eigenvalue weighted by atomic mass is 32.2. The van der Waals surface area contributed by atoms with E-state index >= 15 is 0 Å². The summed E-state index contributed by atoms with van der Waals surface area (Å²) in [5.74, 6) is -0.143. The topological polar surface area (TPSA) is 98.5 Å². The van der Waals surface area contributed by atoms with Crippen LogP contribution in [0.5, 0.6) is 0 Å². The van der Waals surface area contributed by atoms with Crippen molar-refractivity contribution in [2.75, 3.05) is 13.2 Å². The highest BCUT2D eigenvalue weighted by Gasteiger charge is 2.31. The van der Waals surface area contributed by atoms with E-state index in [-0.39, 0.29) is 22.1 Å². The minimum absolute atomic E-state index is 0.0747. The Kier molecular flexibility index (Phi) is 3.95. The number of primary sulfonamides is 1. The van der Waals surface area contributed by atoms with Crippen LogP contribution in [-0.4, -0.2) is 33.1 Å². The lowest BCUT2D eigenvalue weighted by Crippen LogP contribution is -2.46. The molecule has 1 aliphatic rings. The van der Waals surface area contributed by atoms with Gasteiger partial charge in [0.25, 0.3) is 0 Å². The second-order valence-corrected chi connectivity index (χ2v) is 7.81. The fourth-order valence-corrected chi connectivity index (χ4v) is 3.69. The average Bonchev–Trinajstić information content (AvgIpc) is 2.86. The number of nitrogens with two attached hydrogens (primary N) is 1. The third kappa shape index (κ3) is 3.75. The number of thiophene rings is 1. The van der Waals surface area contributed by atoms with Crippen LogP contribution >= 0.6 is 11.3 Å². The van der Waals surface area contributed by atoms with Crippen LogP contribution in [0.1, 0.15) is 18.2 Å². The largest absolute Gasteiger partial charge is 0.379 e. The zero-order chi connectivity index (χ0) is 14.1. The maximum absolute atomic E-state index is 11.9. The van der Waals surface area contributed by atoms with Crippen molar-refractivity contribution in [1.82, 2.24) is 5.32 Å². The van der Waals surface area contributed by atoms with Crippen molar-refractivity contribution in [3.8, 4) is 0 Å². The van der Waals surface area contributed by atoms with E-state index in [0.29, 0.717) is 18.1 Å². The Hall–Kier alpha value is -0.960. The standard InChI is InChI=1S/C11H16N2O4S2/c1-11(4-5-17-7-11)13-9(14)6-8-2-3-10(18-8)19(12,15)16/h2-3H,4-7H2,1H3,(H,13,14)(H2,12,15,16). The maximum atomic E-state index is 11.9. The van der Waals surface area contributed by atoms with Crippen LogP contribution in [-0.2, 0) is 26.0 Å². The Balaban J connectivity index is 1.97. The molecular weight excluding hydrogens is 288 g/mol. The lowest BCUT2D eigenvalue weighted by atomic mass is 10.0. The molecule has 1 saturated heterocycles. The molecule has 0 aliphatic carbocycles. The van der Waals surface area contributed by atoms with Gasteiger partial charge in [-0.2, -0.15) is 0 Å². The zero-order valence-electron chi connectivity index (χ0n) is 10.5. The van der Waals surface area contributed by atoms with E-state index in [4.69, 9.17) is 9.88 Å². The van der Waals surface area contributed by atoms with Gasteiger partial charge in [0.1, 0.15) is 4.21 Å². The van der Waals surface area contributed by atoms with Crippen molar-refractivity contribution in [1.29, 1.82) is 0 Å². The maximum Gasteiger partial charge on any atom is 0.247 e. The van der Waals surface area contributed by atoms with E-state index in [1.54, 1.807) is 6.07 Å². The van der Waals surface area contributed by atoms with Gasteiger partial charge in [-0.05, 0) is 25.5 Å². The van der Waals surface area contributed by atoms with Crippen LogP contribution in [0.4, 0.5) is 0 Å². The second kappa shape index (κ2) is 5.20. The average molecular weight is 304 g/mol. The van der Waals surface area contributed by atoms with Gasteiger partial charge in [0, 0.05) is 11.5 Å². The molecular formula is C11H16N2O4S2. The molecule has 3 N–H and O–H groups in total. The summed E-state index contributed by atoms with van der Waals surface area (Å²) in [4.78, 5) is 12.6. The van der Waals surface area contributed by atoms with Crippen LogP contribution < -0.4 is 10.5 Å². The summed E-state index contributed by atoms with van der Waals surface area (Å²) in [6.07, 6.45) is 0.932. The van der Waals surface area contributed by atoms with Crippen LogP contribution in [0.3, 0.4) is 0 Å². The van der Waals surface area contributed by atoms with E-state index in [1.165, 1.54) is 6.07 Å². The minimum atomic E-state index is -3.69. The van der Waals surface area contributed by atoms with Gasteiger partial charge in [0.05, 0.1) is 18.6 Å². The van der Waals surface area contributed by atoms with Gasteiger partial charge >= 0.3 is 0 Å². The van der Waals surface area contributed by atoms with Gasteiger partial charge in [-0.1, -0.05) is 0 Å². The van der Waals surface area contributed by atoms with Gasteiger partial charge in [-0.15, -0.1) is 11.3 Å². The van der Waals surface area contributed by atoms with Crippen molar-refractivity contribution in [3.05, 3.63) is 17.0 Å². The second-order valence-electron chi connectivity index (χ2n) is 4.85. The van der Waals surface area contributed by atoms with E-state index in [0.717, 1.165) is 17.8 Å². The summed E-state index contributed by atoms with van der Waals surface area (Å²) >= 11 is 1.02. The fraction of sp³-hybridized carbons (Fsp3) is 0.545. The van der Waals surface area contributed by atoms with Gasteiger partial charge in [-0.25, -0.2) is 13.6 Å². The van der Waals surface area contributed by atoms with Crippen molar-refractivity contribution in [2.45, 2.75) is 29.5 Å². The van der Waals surface area contributed by atoms with E-state index in [1.807, 2.05) is 6.92 Å². The molecule has 1 aromatic heterocycles. The van der Waals surface area contributed by atoms with Gasteiger partial charge in [0.2, 0.25) is 15.9 Å². The molecule has 2 heterocycles. The van der Waals surface area contributed by atoms with Crippen molar-refractivity contribution in [3.63, 3.8) is 0 Å². The first kappa shape index (κ1) is 14.4. The Bertz CT molecular complexity index is 573. The molecule has 1 fully saturated rings. The highest BCUT2D eigenvalue weighted by Crippen LogP contribution is 2.22. The fourth-order valence-electron chi connectivity index (χ4n) is 1.91. The molecule has 1 amide bonds. The number of rotatable bonds is 4. The Morgan fingerprint density at radius 2 is 2.32 bits per heavy atom. The Labute approximate surface area is 116 Å². The Morgan fingerprint density at radius 1 is 1.58 bits per heavy atom. The molecule has 1 aromatic rings. The molecule has 1 aliphatic heterocycles. The zero-order valence-corrected chi connectivity index (χ0v) is 12.1. The SMILES string of the molecule is CC1(NC(=O)Cc2ccc(S(N)(=O)=O)s2)CCOC1. The summed E-state index contributed by atoms with van der Waals surface area (Å²) in [6.45, 7) is 3.08. The van der Waals surface area contributed by atoms with Gasteiger partial charge in [0.15, 0.2) is 0 Å². The summed E-state index contributed by atoms with van der Waals surface area (Å²) in [7, 11) is -3.69. The van der Waals surface area contributed by atoms with Crippen molar-refractivity contribution in [2.24, 2.45) is 5.14 Å². The molecule has 1 atom stereocenters. The van der Waals surface area contributed by atoms with E-state index in [9.17, 15) is 13.2 Å². The Morgan fingerprint density at radius 3 is 2.84 bits per heavy atom. The molecule has 2 rings (SSSR count). The predicted molar refractivity (Wildman–Crippen MR) is 71.4 cm³/mol. The van der Waals surface area contributed by atoms with Gasteiger partial charge in [-0.3, -0.25) is 4.79 Å². The molecule has 6 nitrogen and oxygen atoms in total. The first-order valence-corrected chi connectivity index (χ1v) is 8.15. The normalized spacial score (nSPS) is 23.5. The number of hydrogen-bond donors (Lipinski definition) is 2. The van der Waals surface area contributed by atoms with Crippen molar-refractivity contribution >= 4 is 27.3 Å². The monoisotopic (exact) mass is 304 g/mol. The number of sulfonamides is 1. The van der Waals surface area contributed by atoms with Crippen LogP contribution in [0.15, 0.2) is 16.3 Å². The molecule has 0 saturated carbocycles. The number of carbonyl (C=O) groups is 1. The smallest absolute Gasteiger partial charge is 0.247 e. The molecule has 0 bridgehead atoms. The third-order valence-corrected chi connectivity index (χ3v) is 5.44. The molecule has 19 heavy (non-hydrogen) atoms. The molecule has 0 spiro atoms. The van der Waals surface area contributed by atoms with Gasteiger partial charge < -0.3 is 10.1 Å². The van der Waals surface area contributed by atoms with Crippen LogP contribution in [0.2, 0.25) is 0 Å².